The fraction of sp³-hybridized carbons (Fsp3) is 0.100. The van der Waals surface area contributed by atoms with Gasteiger partial charge in [-0.15, -0.1) is 0 Å². The molecule has 0 radical (unpaired) electrons. The molecule has 2 rings (SSSR count). The quantitative estimate of drug-likeness (QED) is 0.788. The van der Waals surface area contributed by atoms with E-state index in [1.165, 1.54) is 22.6 Å². The van der Waals surface area contributed by atoms with Crippen LogP contribution >= 0.6 is 0 Å². The van der Waals surface area contributed by atoms with E-state index in [4.69, 9.17) is 10.2 Å². The van der Waals surface area contributed by atoms with Gasteiger partial charge in [0.15, 0.2) is 5.69 Å². The Balaban J connectivity index is 2.90. The first-order chi connectivity index (χ1) is 7.52. The highest BCUT2D eigenvalue weighted by Gasteiger charge is 2.18. The molecule has 2 N–H and O–H groups in total. The van der Waals surface area contributed by atoms with Gasteiger partial charge in [-0.3, -0.25) is 4.40 Å². The summed E-state index contributed by atoms with van der Waals surface area (Å²) in [5, 5.41) is 17.9. The van der Waals surface area contributed by atoms with Crippen molar-refractivity contribution in [2.24, 2.45) is 0 Å². The molecule has 0 unspecified atom stereocenters. The summed E-state index contributed by atoms with van der Waals surface area (Å²) < 4.78 is 1.31. The zero-order valence-corrected chi connectivity index (χ0v) is 8.34. The first kappa shape index (κ1) is 10.2. The number of carboxylic acid groups (broad SMARTS) is 2. The third kappa shape index (κ3) is 1.31. The minimum absolute atomic E-state index is 0.00463. The molecule has 2 heterocycles. The number of nitrogens with zero attached hydrogens (tertiary/aromatic N) is 2. The monoisotopic (exact) mass is 220 g/mol. The normalized spacial score (nSPS) is 10.6. The molecule has 0 saturated carbocycles. The molecule has 6 nitrogen and oxygen atoms in total. The molecule has 0 bridgehead atoms. The van der Waals surface area contributed by atoms with E-state index >= 15 is 0 Å². The molecular weight excluding hydrogens is 212 g/mol. The van der Waals surface area contributed by atoms with Crippen molar-refractivity contribution >= 4 is 17.5 Å². The standard InChI is InChI=1S/C10H8N2O4/c1-5-11-8(10(15)16)6-3-2-4-7(9(13)14)12(5)6/h2-4H,1H3,(H,13,14)(H,15,16). The number of hydrogen-bond donors (Lipinski definition) is 2. The van der Waals surface area contributed by atoms with Crippen molar-refractivity contribution in [3.63, 3.8) is 0 Å². The maximum Gasteiger partial charge on any atom is 0.356 e. The van der Waals surface area contributed by atoms with Crippen molar-refractivity contribution in [1.82, 2.24) is 9.38 Å². The molecule has 0 spiro atoms. The van der Waals surface area contributed by atoms with E-state index in [9.17, 15) is 9.59 Å². The van der Waals surface area contributed by atoms with E-state index in [1.54, 1.807) is 6.92 Å². The second kappa shape index (κ2) is 3.34. The molecule has 6 heteroatoms. The number of aromatic nitrogens is 2. The lowest BCUT2D eigenvalue weighted by molar-refractivity contribution is 0.0678. The number of carboxylic acids is 2. The van der Waals surface area contributed by atoms with Gasteiger partial charge in [0.25, 0.3) is 0 Å². The SMILES string of the molecule is Cc1nc(C(=O)O)c2cccc(C(=O)O)n12. The van der Waals surface area contributed by atoms with Crippen LogP contribution in [0.15, 0.2) is 18.2 Å². The Kier molecular flexibility index (Phi) is 2.12. The lowest BCUT2D eigenvalue weighted by Gasteiger charge is -2.01. The van der Waals surface area contributed by atoms with Crippen molar-refractivity contribution in [2.45, 2.75) is 6.92 Å². The van der Waals surface area contributed by atoms with Crippen LogP contribution in [0, 0.1) is 6.92 Å². The van der Waals surface area contributed by atoms with Crippen molar-refractivity contribution in [3.8, 4) is 0 Å². The van der Waals surface area contributed by atoms with Gasteiger partial charge in [-0.25, -0.2) is 14.6 Å². The highest BCUT2D eigenvalue weighted by Crippen LogP contribution is 2.15. The van der Waals surface area contributed by atoms with E-state index in [2.05, 4.69) is 4.98 Å². The Bertz CT molecular complexity index is 600. The van der Waals surface area contributed by atoms with E-state index in [-0.39, 0.29) is 16.9 Å². The number of carbonyl (C=O) groups is 2. The number of aryl methyl sites for hydroxylation is 1. The summed E-state index contributed by atoms with van der Waals surface area (Å²) in [7, 11) is 0. The average molecular weight is 220 g/mol. The van der Waals surface area contributed by atoms with Crippen molar-refractivity contribution in [2.75, 3.05) is 0 Å². The van der Waals surface area contributed by atoms with E-state index < -0.39 is 11.9 Å². The second-order valence-corrected chi connectivity index (χ2v) is 3.25. The fourth-order valence-corrected chi connectivity index (χ4v) is 1.64. The van der Waals surface area contributed by atoms with Crippen molar-refractivity contribution < 1.29 is 19.8 Å². The molecule has 82 valence electrons. The van der Waals surface area contributed by atoms with Crippen LogP contribution in [-0.4, -0.2) is 31.5 Å². The molecule has 0 atom stereocenters. The molecule has 0 aromatic carbocycles. The Morgan fingerprint density at radius 1 is 1.25 bits per heavy atom. The van der Waals surface area contributed by atoms with Gasteiger partial charge in [0.05, 0.1) is 5.52 Å². The van der Waals surface area contributed by atoms with Crippen LogP contribution in [0.4, 0.5) is 0 Å². The van der Waals surface area contributed by atoms with Crippen LogP contribution in [-0.2, 0) is 0 Å². The maximum atomic E-state index is 11.0. The van der Waals surface area contributed by atoms with Crippen molar-refractivity contribution in [1.29, 1.82) is 0 Å². The Labute approximate surface area is 89.8 Å². The smallest absolute Gasteiger partial charge is 0.356 e. The summed E-state index contributed by atoms with van der Waals surface area (Å²) in [6.07, 6.45) is 0. The lowest BCUT2D eigenvalue weighted by atomic mass is 10.3. The van der Waals surface area contributed by atoms with Gasteiger partial charge in [-0.05, 0) is 19.1 Å². The van der Waals surface area contributed by atoms with E-state index in [1.807, 2.05) is 0 Å². The summed E-state index contributed by atoms with van der Waals surface area (Å²) >= 11 is 0. The molecule has 0 fully saturated rings. The van der Waals surface area contributed by atoms with Crippen molar-refractivity contribution in [3.05, 3.63) is 35.4 Å². The predicted octanol–water partition coefficient (Wildman–Crippen LogP) is 1.04. The number of aromatic carboxylic acids is 2. The first-order valence-electron chi connectivity index (χ1n) is 4.47. The van der Waals surface area contributed by atoms with Crippen LogP contribution in [0.3, 0.4) is 0 Å². The summed E-state index contributed by atoms with van der Waals surface area (Å²) in [6, 6.07) is 4.41. The van der Waals surface area contributed by atoms with Gasteiger partial charge >= 0.3 is 11.9 Å². The Hall–Kier alpha value is -2.37. The van der Waals surface area contributed by atoms with Gasteiger partial charge in [0.1, 0.15) is 11.5 Å². The molecule has 0 aliphatic heterocycles. The molecule has 0 amide bonds. The molecule has 0 aliphatic rings. The zero-order valence-electron chi connectivity index (χ0n) is 8.34. The maximum absolute atomic E-state index is 11.0. The third-order valence-electron chi connectivity index (χ3n) is 2.25. The van der Waals surface area contributed by atoms with Crippen LogP contribution in [0.25, 0.3) is 5.52 Å². The van der Waals surface area contributed by atoms with Crippen LogP contribution in [0.1, 0.15) is 26.8 Å². The topological polar surface area (TPSA) is 91.9 Å². The van der Waals surface area contributed by atoms with Crippen LogP contribution < -0.4 is 0 Å². The first-order valence-corrected chi connectivity index (χ1v) is 4.47. The summed E-state index contributed by atoms with van der Waals surface area (Å²) in [5.74, 6) is -1.96. The van der Waals surface area contributed by atoms with Gasteiger partial charge < -0.3 is 10.2 Å². The molecule has 16 heavy (non-hydrogen) atoms. The van der Waals surface area contributed by atoms with Gasteiger partial charge in [-0.2, -0.15) is 0 Å². The van der Waals surface area contributed by atoms with E-state index in [0.29, 0.717) is 5.82 Å². The number of fused-ring (bicyclic) bond motifs is 1. The lowest BCUT2D eigenvalue weighted by Crippen LogP contribution is -2.06. The Morgan fingerprint density at radius 2 is 1.94 bits per heavy atom. The van der Waals surface area contributed by atoms with Gasteiger partial charge in [0.2, 0.25) is 0 Å². The molecule has 2 aromatic rings. The van der Waals surface area contributed by atoms with Crippen LogP contribution in [0.5, 0.6) is 0 Å². The van der Waals surface area contributed by atoms with Gasteiger partial charge in [-0.1, -0.05) is 6.07 Å². The largest absolute Gasteiger partial charge is 0.477 e. The fourth-order valence-electron chi connectivity index (χ4n) is 1.64. The second-order valence-electron chi connectivity index (χ2n) is 3.25. The van der Waals surface area contributed by atoms with Gasteiger partial charge in [0, 0.05) is 0 Å². The third-order valence-corrected chi connectivity index (χ3v) is 2.25. The minimum atomic E-state index is -1.17. The van der Waals surface area contributed by atoms with Crippen LogP contribution in [0.2, 0.25) is 0 Å². The molecule has 0 saturated heterocycles. The summed E-state index contributed by atoms with van der Waals surface area (Å²) in [4.78, 5) is 25.7. The number of rotatable bonds is 2. The summed E-state index contributed by atoms with van der Waals surface area (Å²) in [6.45, 7) is 1.56. The summed E-state index contributed by atoms with van der Waals surface area (Å²) in [5.41, 5.74) is 0.139. The highest BCUT2D eigenvalue weighted by atomic mass is 16.4. The molecule has 2 aromatic heterocycles. The Morgan fingerprint density at radius 3 is 2.50 bits per heavy atom. The van der Waals surface area contributed by atoms with E-state index in [0.717, 1.165) is 0 Å². The number of imidazole rings is 1. The average Bonchev–Trinajstić information content (AvgIpc) is 2.56. The molecule has 0 aliphatic carbocycles. The molecular formula is C10H8N2O4. The number of pyridine rings is 1. The number of hydrogen-bond acceptors (Lipinski definition) is 3. The zero-order chi connectivity index (χ0) is 11.9. The highest BCUT2D eigenvalue weighted by molar-refractivity contribution is 5.95. The minimum Gasteiger partial charge on any atom is -0.477 e. The predicted molar refractivity (Wildman–Crippen MR) is 53.8 cm³/mol.